The van der Waals surface area contributed by atoms with Crippen molar-refractivity contribution in [3.05, 3.63) is 54.1 Å². The SMILES string of the molecule is CCc1nccn1CC1CCN(CC(=O)N2CCC(Cc3ccccc3)CC2)CC1. The molecule has 1 amide bonds. The molecular formula is C25H36N4O. The Bertz CT molecular complexity index is 786. The van der Waals surface area contributed by atoms with Crippen molar-refractivity contribution in [1.29, 1.82) is 0 Å². The minimum absolute atomic E-state index is 0.328. The van der Waals surface area contributed by atoms with Crippen molar-refractivity contribution in [1.82, 2.24) is 19.4 Å². The van der Waals surface area contributed by atoms with Gasteiger partial charge < -0.3 is 9.47 Å². The number of likely N-dealkylation sites (tertiary alicyclic amines) is 2. The van der Waals surface area contributed by atoms with Gasteiger partial charge in [-0.25, -0.2) is 4.98 Å². The topological polar surface area (TPSA) is 41.4 Å². The predicted octanol–water partition coefficient (Wildman–Crippen LogP) is 3.64. The number of imidazole rings is 1. The molecule has 1 aromatic carbocycles. The largest absolute Gasteiger partial charge is 0.342 e. The van der Waals surface area contributed by atoms with Crippen LogP contribution < -0.4 is 0 Å². The summed E-state index contributed by atoms with van der Waals surface area (Å²) in [6.45, 7) is 7.76. The Labute approximate surface area is 181 Å². The Morgan fingerprint density at radius 1 is 1.00 bits per heavy atom. The Morgan fingerprint density at radius 3 is 2.40 bits per heavy atom. The van der Waals surface area contributed by atoms with Crippen LogP contribution in [0.2, 0.25) is 0 Å². The summed E-state index contributed by atoms with van der Waals surface area (Å²) in [6.07, 6.45) is 10.8. The molecule has 0 atom stereocenters. The van der Waals surface area contributed by atoms with Gasteiger partial charge in [-0.1, -0.05) is 37.3 Å². The number of hydrogen-bond donors (Lipinski definition) is 0. The van der Waals surface area contributed by atoms with Crippen molar-refractivity contribution in [2.24, 2.45) is 11.8 Å². The Morgan fingerprint density at radius 2 is 1.70 bits per heavy atom. The van der Waals surface area contributed by atoms with Crippen molar-refractivity contribution in [2.75, 3.05) is 32.7 Å². The number of hydrogen-bond acceptors (Lipinski definition) is 3. The lowest BCUT2D eigenvalue weighted by atomic mass is 9.90. The summed E-state index contributed by atoms with van der Waals surface area (Å²) < 4.78 is 2.31. The van der Waals surface area contributed by atoms with Gasteiger partial charge in [0.15, 0.2) is 0 Å². The molecular weight excluding hydrogens is 372 g/mol. The minimum Gasteiger partial charge on any atom is -0.342 e. The first-order chi connectivity index (χ1) is 14.7. The molecule has 0 aliphatic carbocycles. The third-order valence-corrected chi connectivity index (χ3v) is 6.97. The van der Waals surface area contributed by atoms with Crippen LogP contribution in [0, 0.1) is 11.8 Å². The van der Waals surface area contributed by atoms with Crippen LogP contribution in [-0.4, -0.2) is 58.0 Å². The second kappa shape index (κ2) is 10.3. The van der Waals surface area contributed by atoms with E-state index in [1.54, 1.807) is 0 Å². The highest BCUT2D eigenvalue weighted by Crippen LogP contribution is 2.23. The van der Waals surface area contributed by atoms with E-state index in [2.05, 4.69) is 62.8 Å². The van der Waals surface area contributed by atoms with Gasteiger partial charge in [0.2, 0.25) is 5.91 Å². The van der Waals surface area contributed by atoms with E-state index >= 15 is 0 Å². The quantitative estimate of drug-likeness (QED) is 0.702. The predicted molar refractivity (Wildman–Crippen MR) is 120 cm³/mol. The standard InChI is InChI=1S/C25H36N4O/c1-2-24-26-12-17-29(24)19-23-8-13-27(14-9-23)20-25(30)28-15-10-22(11-16-28)18-21-6-4-3-5-7-21/h3-7,12,17,22-23H,2,8-11,13-16,18-20H2,1H3. The Balaban J connectivity index is 1.16. The van der Waals surface area contributed by atoms with E-state index in [0.29, 0.717) is 24.3 Å². The summed E-state index contributed by atoms with van der Waals surface area (Å²) in [4.78, 5) is 21.7. The van der Waals surface area contributed by atoms with Crippen LogP contribution in [0.25, 0.3) is 0 Å². The van der Waals surface area contributed by atoms with Gasteiger partial charge in [0.1, 0.15) is 5.82 Å². The highest BCUT2D eigenvalue weighted by atomic mass is 16.2. The van der Waals surface area contributed by atoms with Crippen LogP contribution in [0.4, 0.5) is 0 Å². The molecule has 4 rings (SSSR count). The lowest BCUT2D eigenvalue weighted by Gasteiger charge is -2.36. The van der Waals surface area contributed by atoms with Crippen LogP contribution in [0.5, 0.6) is 0 Å². The fraction of sp³-hybridized carbons (Fsp3) is 0.600. The van der Waals surface area contributed by atoms with Gasteiger partial charge >= 0.3 is 0 Å². The smallest absolute Gasteiger partial charge is 0.236 e. The molecule has 0 unspecified atom stereocenters. The Kier molecular flexibility index (Phi) is 7.21. The summed E-state index contributed by atoms with van der Waals surface area (Å²) in [5.41, 5.74) is 1.42. The highest BCUT2D eigenvalue weighted by molar-refractivity contribution is 5.78. The van der Waals surface area contributed by atoms with E-state index in [4.69, 9.17) is 0 Å². The maximum absolute atomic E-state index is 12.8. The van der Waals surface area contributed by atoms with E-state index in [9.17, 15) is 4.79 Å². The van der Waals surface area contributed by atoms with E-state index in [1.807, 2.05) is 6.20 Å². The van der Waals surface area contributed by atoms with E-state index in [1.165, 1.54) is 24.2 Å². The van der Waals surface area contributed by atoms with Crippen molar-refractivity contribution < 1.29 is 4.79 Å². The van der Waals surface area contributed by atoms with Gasteiger partial charge in [0, 0.05) is 38.4 Å². The molecule has 3 heterocycles. The Hall–Kier alpha value is -2.14. The zero-order chi connectivity index (χ0) is 20.8. The first-order valence-corrected chi connectivity index (χ1v) is 11.7. The molecule has 5 nitrogen and oxygen atoms in total. The van der Waals surface area contributed by atoms with E-state index in [0.717, 1.165) is 58.4 Å². The third kappa shape index (κ3) is 5.51. The normalized spacial score (nSPS) is 19.3. The molecule has 0 spiro atoms. The van der Waals surface area contributed by atoms with Gasteiger partial charge in [0.05, 0.1) is 6.54 Å². The molecule has 2 aliphatic rings. The zero-order valence-electron chi connectivity index (χ0n) is 18.4. The monoisotopic (exact) mass is 408 g/mol. The first kappa shape index (κ1) is 21.1. The maximum atomic E-state index is 12.8. The number of piperidine rings is 2. The number of carbonyl (C=O) groups is 1. The van der Waals surface area contributed by atoms with Crippen LogP contribution >= 0.6 is 0 Å². The molecule has 30 heavy (non-hydrogen) atoms. The molecule has 1 aromatic heterocycles. The molecule has 0 radical (unpaired) electrons. The third-order valence-electron chi connectivity index (χ3n) is 6.97. The maximum Gasteiger partial charge on any atom is 0.236 e. The molecule has 2 fully saturated rings. The molecule has 162 valence electrons. The average molecular weight is 409 g/mol. The average Bonchev–Trinajstić information content (AvgIpc) is 3.23. The van der Waals surface area contributed by atoms with Crippen molar-refractivity contribution >= 4 is 5.91 Å². The number of aromatic nitrogens is 2. The molecule has 0 saturated carbocycles. The number of aryl methyl sites for hydroxylation is 1. The molecule has 0 bridgehead atoms. The molecule has 2 aromatic rings. The number of rotatable bonds is 7. The van der Waals surface area contributed by atoms with Gasteiger partial charge in [-0.05, 0) is 62.6 Å². The van der Waals surface area contributed by atoms with E-state index < -0.39 is 0 Å². The van der Waals surface area contributed by atoms with E-state index in [-0.39, 0.29) is 0 Å². The number of amides is 1. The fourth-order valence-corrected chi connectivity index (χ4v) is 5.05. The minimum atomic E-state index is 0.328. The van der Waals surface area contributed by atoms with Crippen LogP contribution in [0.1, 0.15) is 44.0 Å². The van der Waals surface area contributed by atoms with Crippen LogP contribution in [-0.2, 0) is 24.2 Å². The number of benzene rings is 1. The van der Waals surface area contributed by atoms with Crippen molar-refractivity contribution in [3.63, 3.8) is 0 Å². The molecule has 0 N–H and O–H groups in total. The second-order valence-corrected chi connectivity index (χ2v) is 9.08. The highest BCUT2D eigenvalue weighted by Gasteiger charge is 2.26. The molecule has 2 saturated heterocycles. The number of nitrogens with zero attached hydrogens (tertiary/aromatic N) is 4. The second-order valence-electron chi connectivity index (χ2n) is 9.08. The summed E-state index contributed by atoms with van der Waals surface area (Å²) in [5.74, 6) is 2.92. The van der Waals surface area contributed by atoms with Gasteiger partial charge in [-0.15, -0.1) is 0 Å². The molecule has 5 heteroatoms. The molecule has 2 aliphatic heterocycles. The summed E-state index contributed by atoms with van der Waals surface area (Å²) in [5, 5.41) is 0. The van der Waals surface area contributed by atoms with Crippen LogP contribution in [0.3, 0.4) is 0 Å². The summed E-state index contributed by atoms with van der Waals surface area (Å²) >= 11 is 0. The van der Waals surface area contributed by atoms with Gasteiger partial charge in [0.25, 0.3) is 0 Å². The van der Waals surface area contributed by atoms with Crippen molar-refractivity contribution in [3.8, 4) is 0 Å². The van der Waals surface area contributed by atoms with Crippen LogP contribution in [0.15, 0.2) is 42.7 Å². The van der Waals surface area contributed by atoms with Gasteiger partial charge in [-0.3, -0.25) is 9.69 Å². The summed E-state index contributed by atoms with van der Waals surface area (Å²) in [7, 11) is 0. The van der Waals surface area contributed by atoms with Gasteiger partial charge in [-0.2, -0.15) is 0 Å². The fourth-order valence-electron chi connectivity index (χ4n) is 5.05. The first-order valence-electron chi connectivity index (χ1n) is 11.7. The lowest BCUT2D eigenvalue weighted by Crippen LogP contribution is -2.46. The summed E-state index contributed by atoms with van der Waals surface area (Å²) in [6, 6.07) is 10.8. The zero-order valence-corrected chi connectivity index (χ0v) is 18.4. The van der Waals surface area contributed by atoms with Crippen molar-refractivity contribution in [2.45, 2.75) is 52.0 Å². The number of carbonyl (C=O) groups excluding carboxylic acids is 1. The lowest BCUT2D eigenvalue weighted by molar-refractivity contribution is -0.134.